The van der Waals surface area contributed by atoms with E-state index in [2.05, 4.69) is 259 Å². The minimum absolute atomic E-state index is 0.0401. The minimum Gasteiger partial charge on any atom is -0.455 e. The first-order valence-corrected chi connectivity index (χ1v) is 24.8. The van der Waals surface area contributed by atoms with Crippen LogP contribution in [-0.2, 0) is 16.2 Å². The summed E-state index contributed by atoms with van der Waals surface area (Å²) in [6.45, 7) is 18.5. The second kappa shape index (κ2) is 15.1. The normalized spacial score (nSPS) is 13.7. The van der Waals surface area contributed by atoms with E-state index in [1.807, 2.05) is 0 Å². The van der Waals surface area contributed by atoms with E-state index in [-0.39, 0.29) is 16.2 Å². The minimum atomic E-state index is -0.197. The Kier molecular flexibility index (Phi) is 9.15. The summed E-state index contributed by atoms with van der Waals surface area (Å²) < 4.78 is 9.89. The number of rotatable bonds is 6. The van der Waals surface area contributed by atoms with Gasteiger partial charge in [-0.05, 0) is 129 Å². The van der Waals surface area contributed by atoms with E-state index in [4.69, 9.17) is 4.42 Å². The molecule has 1 aliphatic heterocycles. The van der Waals surface area contributed by atoms with Crippen LogP contribution in [0.2, 0.25) is 0 Å². The third kappa shape index (κ3) is 6.37. The van der Waals surface area contributed by atoms with Crippen molar-refractivity contribution in [1.29, 1.82) is 0 Å². The predicted octanol–water partition coefficient (Wildman–Crippen LogP) is 16.4. The van der Waals surface area contributed by atoms with E-state index in [0.717, 1.165) is 78.1 Å². The smallest absolute Gasteiger partial charge is 0.198 e. The van der Waals surface area contributed by atoms with Gasteiger partial charge in [0.1, 0.15) is 11.2 Å². The monoisotopic (exact) mass is 904 g/mol. The van der Waals surface area contributed by atoms with Gasteiger partial charge in [0.05, 0.1) is 5.52 Å². The molecule has 0 spiro atoms. The molecule has 1 radical (unpaired) electrons. The van der Waals surface area contributed by atoms with E-state index in [0.29, 0.717) is 0 Å². The predicted molar refractivity (Wildman–Crippen MR) is 298 cm³/mol. The number of para-hydroxylation sites is 3. The molecule has 9 aromatic carbocycles. The van der Waals surface area contributed by atoms with Crippen LogP contribution >= 0.6 is 0 Å². The zero-order valence-electron chi connectivity index (χ0n) is 41.2. The zero-order valence-corrected chi connectivity index (χ0v) is 41.2. The van der Waals surface area contributed by atoms with E-state index < -0.39 is 0 Å². The van der Waals surface area contributed by atoms with Gasteiger partial charge in [0, 0.05) is 77.7 Å². The van der Waals surface area contributed by atoms with Crippen LogP contribution in [0.1, 0.15) is 77.6 Å². The first kappa shape index (κ1) is 42.4. The highest BCUT2D eigenvalue weighted by Gasteiger charge is 2.38. The summed E-state index contributed by atoms with van der Waals surface area (Å²) >= 11 is 0. The molecular formula is C65H55BN3O. The third-order valence-corrected chi connectivity index (χ3v) is 15.3. The number of aromatic nitrogens is 1. The summed E-state index contributed by atoms with van der Waals surface area (Å²) in [6, 6.07) is 67.1. The Hall–Kier alpha value is -7.76. The second-order valence-electron chi connectivity index (χ2n) is 22.1. The molecule has 2 aliphatic rings. The fourth-order valence-electron chi connectivity index (χ4n) is 11.6. The molecule has 1 N–H and O–H groups in total. The SMILES string of the molecule is CC(C)(C)c1ccc(Nc2cc3c(cc2-c2c4c5c(c6cc(C(C)(C)C)ccc6n5-c5cc(N(c6ccccc6)c6ccccc6)ccc5[B]4)c4c2oc2ccccc24)-c2ccccc2C3(C)C)cc1. The number of benzene rings is 9. The molecule has 2 aromatic heterocycles. The molecule has 0 bridgehead atoms. The molecule has 0 amide bonds. The summed E-state index contributed by atoms with van der Waals surface area (Å²) in [5.41, 5.74) is 22.8. The summed E-state index contributed by atoms with van der Waals surface area (Å²) in [5.74, 6) is 0. The molecule has 0 saturated carbocycles. The van der Waals surface area contributed by atoms with Gasteiger partial charge in [0.15, 0.2) is 7.28 Å². The van der Waals surface area contributed by atoms with Crippen LogP contribution < -0.4 is 21.1 Å². The van der Waals surface area contributed by atoms with Gasteiger partial charge in [0.2, 0.25) is 0 Å². The number of furan rings is 1. The maximum absolute atomic E-state index is 7.33. The van der Waals surface area contributed by atoms with Crippen molar-refractivity contribution in [2.45, 2.75) is 71.6 Å². The van der Waals surface area contributed by atoms with E-state index in [1.165, 1.54) is 55.2 Å². The Bertz CT molecular complexity index is 3880. The van der Waals surface area contributed by atoms with Crippen LogP contribution in [-0.4, -0.2) is 11.8 Å². The molecule has 339 valence electrons. The summed E-state index contributed by atoms with van der Waals surface area (Å²) in [7, 11) is 2.44. The Morgan fingerprint density at radius 2 is 1.20 bits per heavy atom. The van der Waals surface area contributed by atoms with Crippen molar-refractivity contribution in [3.8, 4) is 27.9 Å². The van der Waals surface area contributed by atoms with E-state index >= 15 is 0 Å². The van der Waals surface area contributed by atoms with Crippen molar-refractivity contribution in [3.63, 3.8) is 0 Å². The van der Waals surface area contributed by atoms with E-state index in [9.17, 15) is 0 Å². The number of nitrogens with zero attached hydrogens (tertiary/aromatic N) is 2. The highest BCUT2D eigenvalue weighted by atomic mass is 16.3. The number of nitrogens with one attached hydrogen (secondary N) is 1. The fraction of sp³-hybridized carbons (Fsp3) is 0.169. The van der Waals surface area contributed by atoms with Crippen molar-refractivity contribution < 1.29 is 4.42 Å². The van der Waals surface area contributed by atoms with Crippen molar-refractivity contribution in [2.24, 2.45) is 0 Å². The Morgan fingerprint density at radius 3 is 1.91 bits per heavy atom. The lowest BCUT2D eigenvalue weighted by Gasteiger charge is -2.29. The van der Waals surface area contributed by atoms with Crippen LogP contribution in [0.15, 0.2) is 186 Å². The molecule has 11 aromatic rings. The topological polar surface area (TPSA) is 33.3 Å². The largest absolute Gasteiger partial charge is 0.455 e. The quantitative estimate of drug-likeness (QED) is 0.169. The van der Waals surface area contributed by atoms with Gasteiger partial charge in [-0.15, -0.1) is 0 Å². The standard InChI is InChI=1S/C65H55BN3O/c1-63(2,3)39-27-30-41(31-28-39)67-53-38-51-47(45-23-15-17-25-50(45)65(51,7)8)37-48(53)59-60-61-57(58-46-24-16-18-26-56(46)70-62(58)59)49-35-40(64(4,5)6)29-34-54(49)69(61)55-36-44(32-33-52(55)66-60)68(42-19-11-9-12-20-42)43-21-13-10-14-22-43/h9-38,67H,1-8H3. The van der Waals surface area contributed by atoms with Gasteiger partial charge in [0.25, 0.3) is 0 Å². The number of hydrogen-bond donors (Lipinski definition) is 1. The van der Waals surface area contributed by atoms with Crippen LogP contribution in [0.25, 0.3) is 71.7 Å². The average Bonchev–Trinajstić information content (AvgIpc) is 3.98. The summed E-state index contributed by atoms with van der Waals surface area (Å²) in [4.78, 5) is 2.37. The number of hydrogen-bond acceptors (Lipinski definition) is 3. The van der Waals surface area contributed by atoms with Crippen molar-refractivity contribution in [2.75, 3.05) is 10.2 Å². The van der Waals surface area contributed by atoms with Crippen LogP contribution in [0.5, 0.6) is 0 Å². The lowest BCUT2D eigenvalue weighted by Crippen LogP contribution is -2.37. The highest BCUT2D eigenvalue weighted by Crippen LogP contribution is 2.54. The van der Waals surface area contributed by atoms with Gasteiger partial charge < -0.3 is 19.2 Å². The van der Waals surface area contributed by atoms with Gasteiger partial charge in [-0.1, -0.05) is 164 Å². The van der Waals surface area contributed by atoms with Crippen LogP contribution in [0, 0.1) is 0 Å². The first-order chi connectivity index (χ1) is 33.7. The zero-order chi connectivity index (χ0) is 47.8. The molecule has 3 heterocycles. The molecule has 5 heteroatoms. The second-order valence-corrected chi connectivity index (χ2v) is 22.1. The Morgan fingerprint density at radius 1 is 0.543 bits per heavy atom. The third-order valence-electron chi connectivity index (χ3n) is 15.3. The molecule has 0 fully saturated rings. The first-order valence-electron chi connectivity index (χ1n) is 24.8. The molecule has 1 aliphatic carbocycles. The lowest BCUT2D eigenvalue weighted by molar-refractivity contribution is 0.590. The van der Waals surface area contributed by atoms with Crippen LogP contribution in [0.3, 0.4) is 0 Å². The number of fused-ring (bicyclic) bond motifs is 12. The number of anilines is 5. The van der Waals surface area contributed by atoms with Gasteiger partial charge in [-0.25, -0.2) is 0 Å². The molecule has 4 nitrogen and oxygen atoms in total. The lowest BCUT2D eigenvalue weighted by atomic mass is 9.58. The maximum atomic E-state index is 7.33. The van der Waals surface area contributed by atoms with Gasteiger partial charge in [-0.2, -0.15) is 0 Å². The summed E-state index contributed by atoms with van der Waals surface area (Å²) in [5, 5.41) is 8.73. The highest BCUT2D eigenvalue weighted by molar-refractivity contribution is 6.74. The average molecular weight is 905 g/mol. The molecule has 0 saturated heterocycles. The molecule has 0 atom stereocenters. The Labute approximate surface area is 411 Å². The molecule has 0 unspecified atom stereocenters. The van der Waals surface area contributed by atoms with Crippen molar-refractivity contribution in [3.05, 3.63) is 204 Å². The maximum Gasteiger partial charge on any atom is 0.198 e. The molecule has 70 heavy (non-hydrogen) atoms. The molecule has 13 rings (SSSR count). The molecular weight excluding hydrogens is 850 g/mol. The summed E-state index contributed by atoms with van der Waals surface area (Å²) in [6.07, 6.45) is 0. The Balaban J connectivity index is 1.16. The van der Waals surface area contributed by atoms with Crippen molar-refractivity contribution >= 4 is 90.4 Å². The van der Waals surface area contributed by atoms with E-state index in [1.54, 1.807) is 0 Å². The van der Waals surface area contributed by atoms with Gasteiger partial charge in [-0.3, -0.25) is 0 Å². The van der Waals surface area contributed by atoms with Gasteiger partial charge >= 0.3 is 0 Å². The van der Waals surface area contributed by atoms with Crippen molar-refractivity contribution in [1.82, 2.24) is 4.57 Å². The van der Waals surface area contributed by atoms with Crippen LogP contribution in [0.4, 0.5) is 28.4 Å². The fourth-order valence-corrected chi connectivity index (χ4v) is 11.6.